The quantitative estimate of drug-likeness (QED) is 0.697. The van der Waals surface area contributed by atoms with Crippen molar-refractivity contribution in [2.75, 3.05) is 38.2 Å². The molecule has 1 fully saturated rings. The Bertz CT molecular complexity index is 1010. The average Bonchev–Trinajstić information content (AvgIpc) is 2.73. The number of benzene rings is 2. The highest BCUT2D eigenvalue weighted by Crippen LogP contribution is 2.29. The summed E-state index contributed by atoms with van der Waals surface area (Å²) in [5.74, 6) is 1.24. The van der Waals surface area contributed by atoms with Crippen LogP contribution in [0.4, 0.5) is 10.2 Å². The molecule has 0 aliphatic carbocycles. The summed E-state index contributed by atoms with van der Waals surface area (Å²) in [5, 5.41) is 1.08. The first-order valence-electron chi connectivity index (χ1n) is 9.31. The Morgan fingerprint density at radius 2 is 1.79 bits per heavy atom. The molecule has 144 valence electrons. The Morgan fingerprint density at radius 1 is 1.07 bits per heavy atom. The van der Waals surface area contributed by atoms with Gasteiger partial charge in [-0.1, -0.05) is 12.1 Å². The van der Waals surface area contributed by atoms with Gasteiger partial charge in [0.05, 0.1) is 7.11 Å². The highest BCUT2D eigenvalue weighted by atomic mass is 19.1. The number of methoxy groups -OCH3 is 1. The van der Waals surface area contributed by atoms with E-state index in [0.29, 0.717) is 31.7 Å². The summed E-state index contributed by atoms with van der Waals surface area (Å²) in [5.41, 5.74) is 2.51. The third kappa shape index (κ3) is 3.38. The molecular weight excluding hydrogens is 357 g/mol. The lowest BCUT2D eigenvalue weighted by Gasteiger charge is -2.35. The molecule has 2 aromatic carbocycles. The van der Waals surface area contributed by atoms with Gasteiger partial charge in [-0.15, -0.1) is 0 Å². The minimum absolute atomic E-state index is 0.0658. The summed E-state index contributed by atoms with van der Waals surface area (Å²) in [4.78, 5) is 21.4. The molecule has 1 aromatic heterocycles. The van der Waals surface area contributed by atoms with Crippen molar-refractivity contribution in [3.63, 3.8) is 0 Å². The molecule has 0 atom stereocenters. The van der Waals surface area contributed by atoms with Gasteiger partial charge in [-0.3, -0.25) is 4.79 Å². The van der Waals surface area contributed by atoms with Crippen molar-refractivity contribution in [2.24, 2.45) is 0 Å². The Kier molecular flexibility index (Phi) is 4.86. The standard InChI is InChI=1S/C22H22FN3O2/c1-15-14-20(24-21-18(15)4-3-5-19(21)28-2)25-10-12-26(13-11-25)22(27)16-6-8-17(23)9-7-16/h3-9,14H,10-13H2,1-2H3. The van der Waals surface area contributed by atoms with Crippen molar-refractivity contribution in [1.29, 1.82) is 0 Å². The van der Waals surface area contributed by atoms with Crippen molar-refractivity contribution in [3.8, 4) is 5.75 Å². The van der Waals surface area contributed by atoms with Gasteiger partial charge in [0.1, 0.15) is 22.9 Å². The van der Waals surface area contributed by atoms with Gasteiger partial charge < -0.3 is 14.5 Å². The van der Waals surface area contributed by atoms with E-state index in [-0.39, 0.29) is 11.7 Å². The number of pyridine rings is 1. The Hall–Kier alpha value is -3.15. The molecule has 0 spiro atoms. The van der Waals surface area contributed by atoms with E-state index in [2.05, 4.69) is 17.9 Å². The van der Waals surface area contributed by atoms with E-state index in [9.17, 15) is 9.18 Å². The maximum Gasteiger partial charge on any atom is 0.253 e. The van der Waals surface area contributed by atoms with Crippen molar-refractivity contribution in [1.82, 2.24) is 9.88 Å². The zero-order valence-corrected chi connectivity index (χ0v) is 16.0. The molecular formula is C22H22FN3O2. The lowest BCUT2D eigenvalue weighted by atomic mass is 10.1. The van der Waals surface area contributed by atoms with E-state index >= 15 is 0 Å². The second-order valence-electron chi connectivity index (χ2n) is 6.94. The van der Waals surface area contributed by atoms with Gasteiger partial charge in [-0.2, -0.15) is 0 Å². The molecule has 5 nitrogen and oxygen atoms in total. The summed E-state index contributed by atoms with van der Waals surface area (Å²) in [7, 11) is 1.65. The monoisotopic (exact) mass is 379 g/mol. The van der Waals surface area contributed by atoms with Crippen LogP contribution in [-0.2, 0) is 0 Å². The fraction of sp³-hybridized carbons (Fsp3) is 0.273. The van der Waals surface area contributed by atoms with Crippen LogP contribution in [0.2, 0.25) is 0 Å². The van der Waals surface area contributed by atoms with Crippen LogP contribution in [0.3, 0.4) is 0 Å². The fourth-order valence-electron chi connectivity index (χ4n) is 3.61. The number of carbonyl (C=O) groups is 1. The van der Waals surface area contributed by atoms with E-state index in [1.165, 1.54) is 24.3 Å². The number of rotatable bonds is 3. The number of anilines is 1. The van der Waals surface area contributed by atoms with Crippen LogP contribution in [0.25, 0.3) is 10.9 Å². The van der Waals surface area contributed by atoms with Crippen molar-refractivity contribution >= 4 is 22.6 Å². The molecule has 0 saturated carbocycles. The van der Waals surface area contributed by atoms with Gasteiger partial charge in [0.25, 0.3) is 5.91 Å². The molecule has 1 saturated heterocycles. The number of hydrogen-bond donors (Lipinski definition) is 0. The first-order chi connectivity index (χ1) is 13.6. The van der Waals surface area contributed by atoms with Crippen molar-refractivity contribution in [3.05, 3.63) is 65.5 Å². The van der Waals surface area contributed by atoms with Crippen LogP contribution in [0.15, 0.2) is 48.5 Å². The first kappa shape index (κ1) is 18.2. The molecule has 6 heteroatoms. The van der Waals surface area contributed by atoms with E-state index in [4.69, 9.17) is 9.72 Å². The number of ether oxygens (including phenoxy) is 1. The Labute approximate surface area is 163 Å². The number of fused-ring (bicyclic) bond motifs is 1. The number of nitrogens with zero attached hydrogens (tertiary/aromatic N) is 3. The van der Waals surface area contributed by atoms with Gasteiger partial charge in [-0.25, -0.2) is 9.37 Å². The number of piperazine rings is 1. The SMILES string of the molecule is COc1cccc2c(C)cc(N3CCN(C(=O)c4ccc(F)cc4)CC3)nc12. The van der Waals surface area contributed by atoms with Crippen molar-refractivity contribution in [2.45, 2.75) is 6.92 Å². The van der Waals surface area contributed by atoms with E-state index in [1.54, 1.807) is 12.0 Å². The van der Waals surface area contributed by atoms with E-state index in [1.807, 2.05) is 18.2 Å². The van der Waals surface area contributed by atoms with Crippen LogP contribution in [0.5, 0.6) is 5.75 Å². The molecule has 1 aliphatic rings. The third-order valence-corrected chi connectivity index (χ3v) is 5.20. The molecule has 1 aliphatic heterocycles. The molecule has 4 rings (SSSR count). The zero-order valence-electron chi connectivity index (χ0n) is 16.0. The van der Waals surface area contributed by atoms with Crippen LogP contribution < -0.4 is 9.64 Å². The van der Waals surface area contributed by atoms with E-state index < -0.39 is 0 Å². The largest absolute Gasteiger partial charge is 0.494 e. The summed E-state index contributed by atoms with van der Waals surface area (Å²) in [6.45, 7) is 4.66. The highest BCUT2D eigenvalue weighted by molar-refractivity contribution is 5.94. The highest BCUT2D eigenvalue weighted by Gasteiger charge is 2.23. The molecule has 28 heavy (non-hydrogen) atoms. The van der Waals surface area contributed by atoms with Gasteiger partial charge in [0, 0.05) is 37.1 Å². The number of para-hydroxylation sites is 1. The summed E-state index contributed by atoms with van der Waals surface area (Å²) >= 11 is 0. The number of carbonyl (C=O) groups excluding carboxylic acids is 1. The second-order valence-corrected chi connectivity index (χ2v) is 6.94. The second kappa shape index (κ2) is 7.46. The molecule has 0 bridgehead atoms. The van der Waals surface area contributed by atoms with Crippen molar-refractivity contribution < 1.29 is 13.9 Å². The van der Waals surface area contributed by atoms with Gasteiger partial charge in [0.15, 0.2) is 0 Å². The van der Waals surface area contributed by atoms with Crippen LogP contribution >= 0.6 is 0 Å². The number of aromatic nitrogens is 1. The smallest absolute Gasteiger partial charge is 0.253 e. The number of hydrogen-bond acceptors (Lipinski definition) is 4. The third-order valence-electron chi connectivity index (χ3n) is 5.20. The van der Waals surface area contributed by atoms with Crippen LogP contribution in [0, 0.1) is 12.7 Å². The minimum Gasteiger partial charge on any atom is -0.494 e. The molecule has 2 heterocycles. The maximum absolute atomic E-state index is 13.1. The normalized spacial score (nSPS) is 14.4. The minimum atomic E-state index is -0.338. The molecule has 0 unspecified atom stereocenters. The topological polar surface area (TPSA) is 45.7 Å². The average molecular weight is 379 g/mol. The maximum atomic E-state index is 13.1. The summed E-state index contributed by atoms with van der Waals surface area (Å²) in [6, 6.07) is 13.7. The van der Waals surface area contributed by atoms with Gasteiger partial charge in [0.2, 0.25) is 0 Å². The molecule has 0 N–H and O–H groups in total. The number of halogens is 1. The predicted octanol–water partition coefficient (Wildman–Crippen LogP) is 3.65. The van der Waals surface area contributed by atoms with Gasteiger partial charge in [-0.05, 0) is 48.9 Å². The fourth-order valence-corrected chi connectivity index (χ4v) is 3.61. The lowest BCUT2D eigenvalue weighted by molar-refractivity contribution is 0.0746. The lowest BCUT2D eigenvalue weighted by Crippen LogP contribution is -2.49. The number of amides is 1. The number of aryl methyl sites for hydroxylation is 1. The Morgan fingerprint density at radius 3 is 2.46 bits per heavy atom. The molecule has 3 aromatic rings. The molecule has 1 amide bonds. The van der Waals surface area contributed by atoms with Crippen LogP contribution in [-0.4, -0.2) is 49.1 Å². The zero-order chi connectivity index (χ0) is 19.7. The molecule has 0 radical (unpaired) electrons. The van der Waals surface area contributed by atoms with E-state index in [0.717, 1.165) is 28.0 Å². The van der Waals surface area contributed by atoms with Crippen LogP contribution in [0.1, 0.15) is 15.9 Å². The summed E-state index contributed by atoms with van der Waals surface area (Å²) in [6.07, 6.45) is 0. The Balaban J connectivity index is 1.52. The first-order valence-corrected chi connectivity index (χ1v) is 9.31. The summed E-state index contributed by atoms with van der Waals surface area (Å²) < 4.78 is 18.6. The predicted molar refractivity (Wildman–Crippen MR) is 108 cm³/mol. The van der Waals surface area contributed by atoms with Gasteiger partial charge >= 0.3 is 0 Å².